The third-order valence-electron chi connectivity index (χ3n) is 7.04. The molecule has 37 heavy (non-hydrogen) atoms. The van der Waals surface area contributed by atoms with Crippen LogP contribution >= 0.6 is 0 Å². The Balaban J connectivity index is 1.54. The van der Waals surface area contributed by atoms with Crippen molar-refractivity contribution in [1.82, 2.24) is 14.1 Å². The number of ketones is 1. The number of fused-ring (bicyclic) bond motifs is 1. The number of benzene rings is 3. The molecule has 0 spiro atoms. The number of carbonyl (C=O) groups excluding carboxylic acids is 1. The van der Waals surface area contributed by atoms with E-state index in [-0.39, 0.29) is 11.8 Å². The molecule has 0 unspecified atom stereocenters. The zero-order chi connectivity index (χ0) is 25.8. The van der Waals surface area contributed by atoms with Gasteiger partial charge in [-0.1, -0.05) is 71.8 Å². The summed E-state index contributed by atoms with van der Waals surface area (Å²) in [6.07, 6.45) is 5.12. The van der Waals surface area contributed by atoms with E-state index in [0.29, 0.717) is 30.6 Å². The van der Waals surface area contributed by atoms with E-state index in [2.05, 4.69) is 88.6 Å². The van der Waals surface area contributed by atoms with Gasteiger partial charge in [-0.25, -0.2) is 0 Å². The van der Waals surface area contributed by atoms with E-state index in [0.717, 1.165) is 23.0 Å². The minimum atomic E-state index is -0.0369. The first-order valence-electron chi connectivity index (χ1n) is 12.8. The van der Waals surface area contributed by atoms with E-state index in [1.807, 2.05) is 12.1 Å². The van der Waals surface area contributed by atoms with Crippen LogP contribution < -0.4 is 5.62 Å². The number of aryl methyl sites for hydroxylation is 2. The molecule has 0 bridgehead atoms. The smallest absolute Gasteiger partial charge is 0.203 e. The van der Waals surface area contributed by atoms with Crippen molar-refractivity contribution < 1.29 is 4.79 Å². The summed E-state index contributed by atoms with van der Waals surface area (Å²) < 4.78 is 4.20. The number of carbonyl (C=O) groups is 1. The number of pyridine rings is 1. The largest absolute Gasteiger partial charge is 0.307 e. The molecule has 0 amide bonds. The first-order chi connectivity index (χ1) is 18.0. The van der Waals surface area contributed by atoms with E-state index < -0.39 is 0 Å². The fourth-order valence-electron chi connectivity index (χ4n) is 4.96. The van der Waals surface area contributed by atoms with E-state index in [9.17, 15) is 10.2 Å². The Labute approximate surface area is 217 Å². The van der Waals surface area contributed by atoms with E-state index in [1.54, 1.807) is 24.5 Å². The SMILES string of the molecule is Cc1ccc(C[C@@H](CCC(=O)c2ccncc2)n2c(=N)n(Cc3ccc(C)cc3)c3ccccc32)cc1. The molecule has 2 heterocycles. The Morgan fingerprint density at radius 2 is 1.41 bits per heavy atom. The van der Waals surface area contributed by atoms with Gasteiger partial charge in [-0.2, -0.15) is 0 Å². The molecular formula is C32H32N4O. The fraction of sp³-hybridized carbons (Fsp3) is 0.219. The highest BCUT2D eigenvalue weighted by Crippen LogP contribution is 2.26. The highest BCUT2D eigenvalue weighted by Gasteiger charge is 2.21. The molecule has 5 heteroatoms. The topological polar surface area (TPSA) is 63.7 Å². The maximum atomic E-state index is 13.0. The van der Waals surface area contributed by atoms with Crippen molar-refractivity contribution >= 4 is 16.8 Å². The quantitative estimate of drug-likeness (QED) is 0.243. The van der Waals surface area contributed by atoms with Crippen LogP contribution in [0.3, 0.4) is 0 Å². The molecule has 0 aliphatic heterocycles. The molecule has 0 saturated heterocycles. The lowest BCUT2D eigenvalue weighted by molar-refractivity contribution is 0.0973. The van der Waals surface area contributed by atoms with Gasteiger partial charge in [0, 0.05) is 30.4 Å². The highest BCUT2D eigenvalue weighted by molar-refractivity contribution is 5.95. The summed E-state index contributed by atoms with van der Waals surface area (Å²) in [5.41, 5.74) is 7.99. The monoisotopic (exact) mass is 488 g/mol. The zero-order valence-corrected chi connectivity index (χ0v) is 21.4. The molecule has 1 N–H and O–H groups in total. The molecule has 5 rings (SSSR count). The molecular weight excluding hydrogens is 456 g/mol. The van der Waals surface area contributed by atoms with Crippen LogP contribution in [0.2, 0.25) is 0 Å². The molecule has 3 aromatic carbocycles. The highest BCUT2D eigenvalue weighted by atomic mass is 16.1. The third-order valence-corrected chi connectivity index (χ3v) is 7.04. The van der Waals surface area contributed by atoms with Crippen molar-refractivity contribution in [2.75, 3.05) is 0 Å². The Morgan fingerprint density at radius 3 is 2.05 bits per heavy atom. The predicted octanol–water partition coefficient (Wildman–Crippen LogP) is 6.43. The number of rotatable bonds is 9. The average molecular weight is 489 g/mol. The second kappa shape index (κ2) is 10.8. The first kappa shape index (κ1) is 24.4. The first-order valence-corrected chi connectivity index (χ1v) is 12.8. The summed E-state index contributed by atoms with van der Waals surface area (Å²) >= 11 is 0. The van der Waals surface area contributed by atoms with Crippen LogP contribution in [-0.2, 0) is 13.0 Å². The van der Waals surface area contributed by atoms with Crippen LogP contribution in [0.25, 0.3) is 11.0 Å². The molecule has 0 fully saturated rings. The number of nitrogens with one attached hydrogen (secondary N) is 1. The lowest BCUT2D eigenvalue weighted by Crippen LogP contribution is -2.29. The van der Waals surface area contributed by atoms with Crippen molar-refractivity contribution in [3.05, 3.63) is 131 Å². The van der Waals surface area contributed by atoms with Gasteiger partial charge in [0.2, 0.25) is 5.62 Å². The van der Waals surface area contributed by atoms with Crippen LogP contribution in [0.4, 0.5) is 0 Å². The van der Waals surface area contributed by atoms with Gasteiger partial charge in [0.25, 0.3) is 0 Å². The molecule has 5 nitrogen and oxygen atoms in total. The van der Waals surface area contributed by atoms with Crippen LogP contribution in [0.5, 0.6) is 0 Å². The number of hydrogen-bond donors (Lipinski definition) is 1. The van der Waals surface area contributed by atoms with Gasteiger partial charge < -0.3 is 9.13 Å². The summed E-state index contributed by atoms with van der Waals surface area (Å²) in [5, 5.41) is 9.28. The number of imidazole rings is 1. The van der Waals surface area contributed by atoms with Crippen molar-refractivity contribution in [2.45, 2.75) is 45.7 Å². The molecule has 0 radical (unpaired) electrons. The van der Waals surface area contributed by atoms with Gasteiger partial charge >= 0.3 is 0 Å². The number of para-hydroxylation sites is 2. The van der Waals surface area contributed by atoms with Crippen LogP contribution in [0.15, 0.2) is 97.3 Å². The second-order valence-corrected chi connectivity index (χ2v) is 9.80. The zero-order valence-electron chi connectivity index (χ0n) is 21.4. The Morgan fingerprint density at radius 1 is 0.811 bits per heavy atom. The fourth-order valence-corrected chi connectivity index (χ4v) is 4.96. The normalized spacial score (nSPS) is 12.1. The molecule has 1 atom stereocenters. The molecule has 0 saturated carbocycles. The van der Waals surface area contributed by atoms with E-state index in [4.69, 9.17) is 0 Å². The predicted molar refractivity (Wildman–Crippen MR) is 148 cm³/mol. The van der Waals surface area contributed by atoms with Crippen molar-refractivity contribution in [2.24, 2.45) is 0 Å². The van der Waals surface area contributed by atoms with Gasteiger partial charge in [-0.3, -0.25) is 15.2 Å². The minimum Gasteiger partial charge on any atom is -0.307 e. The maximum Gasteiger partial charge on any atom is 0.203 e. The molecule has 0 aliphatic carbocycles. The summed E-state index contributed by atoms with van der Waals surface area (Å²) in [6.45, 7) is 4.80. The van der Waals surface area contributed by atoms with Crippen molar-refractivity contribution in [3.8, 4) is 0 Å². The summed E-state index contributed by atoms with van der Waals surface area (Å²) in [7, 11) is 0. The molecule has 5 aromatic rings. The van der Waals surface area contributed by atoms with Gasteiger partial charge in [-0.15, -0.1) is 0 Å². The average Bonchev–Trinajstić information content (AvgIpc) is 3.20. The summed E-state index contributed by atoms with van der Waals surface area (Å²) in [4.78, 5) is 17.0. The Hall–Kier alpha value is -4.25. The summed E-state index contributed by atoms with van der Waals surface area (Å²) in [5.74, 6) is 0.104. The lowest BCUT2D eigenvalue weighted by Gasteiger charge is -2.20. The second-order valence-electron chi connectivity index (χ2n) is 9.80. The molecule has 186 valence electrons. The number of hydrogen-bond acceptors (Lipinski definition) is 3. The standard InChI is InChI=1S/C32H32N4O/c1-23-7-11-25(12-8-23)21-28(15-16-31(37)27-17-19-34-20-18-27)36-30-6-4-3-5-29(30)35(32(36)33)22-26-13-9-24(2)10-14-26/h3-14,17-20,28,33H,15-16,21-22H2,1-2H3/t28-/m1/s1. The Kier molecular flexibility index (Phi) is 7.13. The summed E-state index contributed by atoms with van der Waals surface area (Å²) in [6, 6.07) is 28.8. The van der Waals surface area contributed by atoms with Crippen LogP contribution in [0, 0.1) is 19.3 Å². The molecule has 2 aromatic heterocycles. The number of aromatic nitrogens is 3. The lowest BCUT2D eigenvalue weighted by atomic mass is 9.97. The van der Waals surface area contributed by atoms with Gasteiger partial charge in [0.05, 0.1) is 17.6 Å². The Bertz CT molecular complexity index is 1560. The maximum absolute atomic E-state index is 13.0. The minimum absolute atomic E-state index is 0.0369. The number of nitrogens with zero attached hydrogens (tertiary/aromatic N) is 3. The van der Waals surface area contributed by atoms with Gasteiger partial charge in [-0.05, 0) is 62.1 Å². The van der Waals surface area contributed by atoms with Crippen LogP contribution in [-0.4, -0.2) is 19.9 Å². The van der Waals surface area contributed by atoms with E-state index in [1.165, 1.54) is 16.7 Å². The van der Waals surface area contributed by atoms with Crippen molar-refractivity contribution in [1.29, 1.82) is 5.41 Å². The number of Topliss-reactive ketones (excluding diaryl/α,β-unsaturated/α-hetero) is 1. The van der Waals surface area contributed by atoms with E-state index >= 15 is 0 Å². The van der Waals surface area contributed by atoms with Crippen LogP contribution in [0.1, 0.15) is 51.5 Å². The van der Waals surface area contributed by atoms with Crippen molar-refractivity contribution in [3.63, 3.8) is 0 Å². The van der Waals surface area contributed by atoms with Gasteiger partial charge in [0.15, 0.2) is 5.78 Å². The molecule has 0 aliphatic rings. The van der Waals surface area contributed by atoms with Gasteiger partial charge in [0.1, 0.15) is 0 Å². The third kappa shape index (κ3) is 5.46.